The molecule has 2 rings (SSSR count). The van der Waals surface area contributed by atoms with Crippen LogP contribution in [0.15, 0.2) is 29.2 Å². The SMILES string of the molecule is CON(C)S(=O)(=O)c1cccc(C(=O)NC2CC2)c1. The van der Waals surface area contributed by atoms with E-state index in [9.17, 15) is 13.2 Å². The van der Waals surface area contributed by atoms with Crippen molar-refractivity contribution in [1.82, 2.24) is 9.79 Å². The Labute approximate surface area is 112 Å². The maximum atomic E-state index is 12.0. The van der Waals surface area contributed by atoms with E-state index in [1.54, 1.807) is 6.07 Å². The zero-order chi connectivity index (χ0) is 14.0. The van der Waals surface area contributed by atoms with Crippen LogP contribution in [0, 0.1) is 0 Å². The normalized spacial score (nSPS) is 15.5. The third-order valence-electron chi connectivity index (χ3n) is 2.90. The standard InChI is InChI=1S/C12H16N2O4S/c1-14(18-2)19(16,17)11-5-3-4-9(8-11)12(15)13-10-6-7-10/h3-5,8,10H,6-7H2,1-2H3,(H,13,15). The van der Waals surface area contributed by atoms with Gasteiger partial charge in [-0.15, -0.1) is 0 Å². The molecule has 6 nitrogen and oxygen atoms in total. The molecule has 1 amide bonds. The first kappa shape index (κ1) is 14.0. The smallest absolute Gasteiger partial charge is 0.264 e. The predicted molar refractivity (Wildman–Crippen MR) is 68.9 cm³/mol. The molecular formula is C12H16N2O4S. The summed E-state index contributed by atoms with van der Waals surface area (Å²) in [6.45, 7) is 0. The van der Waals surface area contributed by atoms with Gasteiger partial charge in [-0.2, -0.15) is 0 Å². The summed E-state index contributed by atoms with van der Waals surface area (Å²) in [7, 11) is -1.16. The van der Waals surface area contributed by atoms with Gasteiger partial charge in [0, 0.05) is 18.7 Å². The van der Waals surface area contributed by atoms with Gasteiger partial charge in [0.05, 0.1) is 12.0 Å². The number of hydrogen-bond donors (Lipinski definition) is 1. The van der Waals surface area contributed by atoms with Crippen LogP contribution < -0.4 is 5.32 Å². The van der Waals surface area contributed by atoms with Crippen molar-refractivity contribution in [3.8, 4) is 0 Å². The summed E-state index contributed by atoms with van der Waals surface area (Å²) >= 11 is 0. The van der Waals surface area contributed by atoms with Gasteiger partial charge in [-0.3, -0.25) is 9.63 Å². The van der Waals surface area contributed by atoms with E-state index in [0.29, 0.717) is 5.56 Å². The number of sulfonamides is 1. The molecular weight excluding hydrogens is 268 g/mol. The lowest BCUT2D eigenvalue weighted by Gasteiger charge is -2.14. The average Bonchev–Trinajstić information content (AvgIpc) is 3.21. The minimum Gasteiger partial charge on any atom is -0.349 e. The van der Waals surface area contributed by atoms with E-state index in [2.05, 4.69) is 10.2 Å². The summed E-state index contributed by atoms with van der Waals surface area (Å²) in [6, 6.07) is 6.14. The Morgan fingerprint density at radius 3 is 2.68 bits per heavy atom. The lowest BCUT2D eigenvalue weighted by atomic mass is 10.2. The van der Waals surface area contributed by atoms with Gasteiger partial charge < -0.3 is 5.32 Å². The maximum Gasteiger partial charge on any atom is 0.264 e. The quantitative estimate of drug-likeness (QED) is 0.810. The van der Waals surface area contributed by atoms with E-state index in [1.165, 1.54) is 32.4 Å². The van der Waals surface area contributed by atoms with Crippen LogP contribution in [0.5, 0.6) is 0 Å². The third-order valence-corrected chi connectivity index (χ3v) is 4.58. The lowest BCUT2D eigenvalue weighted by molar-refractivity contribution is -0.0258. The van der Waals surface area contributed by atoms with Gasteiger partial charge in [-0.1, -0.05) is 10.5 Å². The van der Waals surface area contributed by atoms with Gasteiger partial charge in [0.15, 0.2) is 0 Å². The summed E-state index contributed by atoms with van der Waals surface area (Å²) in [4.78, 5) is 16.6. The van der Waals surface area contributed by atoms with Crippen molar-refractivity contribution >= 4 is 15.9 Å². The van der Waals surface area contributed by atoms with Crippen molar-refractivity contribution in [2.75, 3.05) is 14.2 Å². The van der Waals surface area contributed by atoms with Crippen LogP contribution in [-0.4, -0.2) is 39.0 Å². The van der Waals surface area contributed by atoms with E-state index in [4.69, 9.17) is 0 Å². The van der Waals surface area contributed by atoms with Crippen molar-refractivity contribution in [1.29, 1.82) is 0 Å². The minimum atomic E-state index is -3.73. The minimum absolute atomic E-state index is 0.0281. The van der Waals surface area contributed by atoms with Gasteiger partial charge in [0.25, 0.3) is 15.9 Å². The Morgan fingerprint density at radius 2 is 2.11 bits per heavy atom. The number of amides is 1. The predicted octanol–water partition coefficient (Wildman–Crippen LogP) is 0.761. The van der Waals surface area contributed by atoms with Gasteiger partial charge in [0.1, 0.15) is 0 Å². The first-order chi connectivity index (χ1) is 8.95. The Balaban J connectivity index is 2.25. The van der Waals surface area contributed by atoms with Crippen LogP contribution >= 0.6 is 0 Å². The van der Waals surface area contributed by atoms with Crippen LogP contribution in [0.4, 0.5) is 0 Å². The third kappa shape index (κ3) is 3.12. The van der Waals surface area contributed by atoms with Gasteiger partial charge in [-0.25, -0.2) is 8.42 Å². The summed E-state index contributed by atoms with van der Waals surface area (Å²) in [5.41, 5.74) is 0.331. The second-order valence-corrected chi connectivity index (χ2v) is 6.31. The number of carbonyl (C=O) groups is 1. The number of nitrogens with one attached hydrogen (secondary N) is 1. The highest BCUT2D eigenvalue weighted by Gasteiger charge is 2.25. The van der Waals surface area contributed by atoms with Crippen molar-refractivity contribution in [3.63, 3.8) is 0 Å². The number of hydroxylamine groups is 1. The van der Waals surface area contributed by atoms with Crippen LogP contribution in [0.3, 0.4) is 0 Å². The van der Waals surface area contributed by atoms with E-state index < -0.39 is 10.0 Å². The van der Waals surface area contributed by atoms with Gasteiger partial charge >= 0.3 is 0 Å². The largest absolute Gasteiger partial charge is 0.349 e. The first-order valence-corrected chi connectivity index (χ1v) is 7.33. The molecule has 1 aliphatic rings. The van der Waals surface area contributed by atoms with Gasteiger partial charge in [-0.05, 0) is 31.0 Å². The summed E-state index contributed by atoms with van der Waals surface area (Å²) < 4.78 is 24.8. The Kier molecular flexibility index (Phi) is 3.88. The lowest BCUT2D eigenvalue weighted by Crippen LogP contribution is -2.27. The number of nitrogens with zero attached hydrogens (tertiary/aromatic N) is 1. The molecule has 1 fully saturated rings. The van der Waals surface area contributed by atoms with Gasteiger partial charge in [0.2, 0.25) is 0 Å². The molecule has 0 aliphatic heterocycles. The van der Waals surface area contributed by atoms with E-state index in [1.807, 2.05) is 0 Å². The van der Waals surface area contributed by atoms with E-state index in [-0.39, 0.29) is 16.8 Å². The highest BCUT2D eigenvalue weighted by Crippen LogP contribution is 2.20. The fourth-order valence-electron chi connectivity index (χ4n) is 1.54. The molecule has 0 saturated heterocycles. The topological polar surface area (TPSA) is 75.7 Å². The molecule has 1 aromatic rings. The molecule has 1 aromatic carbocycles. The fraction of sp³-hybridized carbons (Fsp3) is 0.417. The fourth-order valence-corrected chi connectivity index (χ4v) is 2.56. The zero-order valence-corrected chi connectivity index (χ0v) is 11.6. The number of hydrogen-bond acceptors (Lipinski definition) is 4. The first-order valence-electron chi connectivity index (χ1n) is 5.89. The highest BCUT2D eigenvalue weighted by molar-refractivity contribution is 7.89. The number of rotatable bonds is 5. The van der Waals surface area contributed by atoms with Crippen molar-refractivity contribution < 1.29 is 18.0 Å². The molecule has 0 heterocycles. The molecule has 0 bridgehead atoms. The summed E-state index contributed by atoms with van der Waals surface area (Å²) in [5.74, 6) is -0.250. The zero-order valence-electron chi connectivity index (χ0n) is 10.8. The second kappa shape index (κ2) is 5.28. The molecule has 1 N–H and O–H groups in total. The van der Waals surface area contributed by atoms with Crippen molar-refractivity contribution in [3.05, 3.63) is 29.8 Å². The van der Waals surface area contributed by atoms with Crippen LogP contribution in [0.1, 0.15) is 23.2 Å². The summed E-state index contributed by atoms with van der Waals surface area (Å²) in [6.07, 6.45) is 1.96. The van der Waals surface area contributed by atoms with Crippen LogP contribution in [0.2, 0.25) is 0 Å². The molecule has 0 unspecified atom stereocenters. The molecule has 0 spiro atoms. The molecule has 1 saturated carbocycles. The molecule has 19 heavy (non-hydrogen) atoms. The van der Waals surface area contributed by atoms with Crippen LogP contribution in [0.25, 0.3) is 0 Å². The highest BCUT2D eigenvalue weighted by atomic mass is 32.2. The monoisotopic (exact) mass is 284 g/mol. The molecule has 0 aromatic heterocycles. The number of benzene rings is 1. The molecule has 104 valence electrons. The number of carbonyl (C=O) groups excluding carboxylic acids is 1. The molecule has 0 atom stereocenters. The van der Waals surface area contributed by atoms with Crippen molar-refractivity contribution in [2.24, 2.45) is 0 Å². The molecule has 7 heteroatoms. The second-order valence-electron chi connectivity index (χ2n) is 4.37. The Morgan fingerprint density at radius 1 is 1.42 bits per heavy atom. The average molecular weight is 284 g/mol. The summed E-state index contributed by atoms with van der Waals surface area (Å²) in [5, 5.41) is 2.81. The molecule has 0 radical (unpaired) electrons. The van der Waals surface area contributed by atoms with E-state index in [0.717, 1.165) is 17.3 Å². The Bertz CT molecular complexity index is 581. The maximum absolute atomic E-state index is 12.0. The van der Waals surface area contributed by atoms with E-state index >= 15 is 0 Å². The van der Waals surface area contributed by atoms with Crippen LogP contribution in [-0.2, 0) is 14.9 Å². The van der Waals surface area contributed by atoms with Crippen molar-refractivity contribution in [2.45, 2.75) is 23.8 Å². The molecule has 1 aliphatic carbocycles. The Hall–Kier alpha value is -1.44.